The highest BCUT2D eigenvalue weighted by molar-refractivity contribution is 5.96. The number of carbonyl (C=O) groups is 2. The largest absolute Gasteiger partial charge is 0.480 e. The van der Waals surface area contributed by atoms with Gasteiger partial charge in [0.15, 0.2) is 0 Å². The van der Waals surface area contributed by atoms with E-state index in [1.54, 1.807) is 13.0 Å². The average molecular weight is 250 g/mol. The molecule has 1 rings (SSSR count). The van der Waals surface area contributed by atoms with Crippen LogP contribution in [0, 0.1) is 6.92 Å². The first-order valence-corrected chi connectivity index (χ1v) is 5.30. The molecule has 1 aromatic heterocycles. The number of rotatable bonds is 5. The number of amides is 1. The highest BCUT2D eigenvalue weighted by Gasteiger charge is 2.20. The van der Waals surface area contributed by atoms with E-state index in [1.807, 2.05) is 0 Å². The molecule has 96 valence electrons. The van der Waals surface area contributed by atoms with Gasteiger partial charge in [-0.15, -0.1) is 6.58 Å². The second-order valence-corrected chi connectivity index (χ2v) is 3.77. The molecular weight excluding hydrogens is 236 g/mol. The number of aromatic amines is 1. The van der Waals surface area contributed by atoms with Gasteiger partial charge in [0, 0.05) is 5.69 Å². The predicted octanol–water partition coefficient (Wildman–Crippen LogP) is 0.442. The fraction of sp³-hybridized carbons (Fsp3) is 0.250. The molecule has 1 atom stereocenters. The molecular formula is C12H14N2O4. The molecule has 6 heteroatoms. The van der Waals surface area contributed by atoms with Crippen molar-refractivity contribution in [3.63, 3.8) is 0 Å². The zero-order chi connectivity index (χ0) is 13.7. The van der Waals surface area contributed by atoms with Crippen molar-refractivity contribution in [3.05, 3.63) is 46.4 Å². The quantitative estimate of drug-likeness (QED) is 0.660. The number of aromatic nitrogens is 1. The Morgan fingerprint density at radius 1 is 1.56 bits per heavy atom. The van der Waals surface area contributed by atoms with Crippen LogP contribution in [0.25, 0.3) is 0 Å². The third-order valence-corrected chi connectivity index (χ3v) is 2.31. The maximum absolute atomic E-state index is 11.7. The van der Waals surface area contributed by atoms with E-state index in [9.17, 15) is 14.4 Å². The normalized spacial score (nSPS) is 11.6. The molecule has 1 unspecified atom stereocenters. The lowest BCUT2D eigenvalue weighted by atomic mass is 10.1. The summed E-state index contributed by atoms with van der Waals surface area (Å²) in [7, 11) is 0. The molecule has 6 nitrogen and oxygen atoms in total. The van der Waals surface area contributed by atoms with Gasteiger partial charge >= 0.3 is 5.97 Å². The van der Waals surface area contributed by atoms with Gasteiger partial charge in [-0.05, 0) is 25.5 Å². The molecule has 0 aliphatic heterocycles. The Bertz CT molecular complexity index is 533. The lowest BCUT2D eigenvalue weighted by molar-refractivity contribution is -0.139. The summed E-state index contributed by atoms with van der Waals surface area (Å²) >= 11 is 0. The van der Waals surface area contributed by atoms with Crippen LogP contribution in [-0.2, 0) is 4.79 Å². The first-order valence-electron chi connectivity index (χ1n) is 5.30. The molecule has 0 radical (unpaired) electrons. The summed E-state index contributed by atoms with van der Waals surface area (Å²) < 4.78 is 0. The Kier molecular flexibility index (Phi) is 4.42. The number of carboxylic acid groups (broad SMARTS) is 1. The van der Waals surface area contributed by atoms with E-state index in [0.717, 1.165) is 0 Å². The molecule has 0 aliphatic carbocycles. The zero-order valence-electron chi connectivity index (χ0n) is 9.90. The van der Waals surface area contributed by atoms with Crippen LogP contribution in [0.1, 0.15) is 22.5 Å². The van der Waals surface area contributed by atoms with Gasteiger partial charge in [0.1, 0.15) is 11.6 Å². The fourth-order valence-electron chi connectivity index (χ4n) is 1.38. The highest BCUT2D eigenvalue weighted by atomic mass is 16.4. The number of hydrogen-bond donors (Lipinski definition) is 3. The van der Waals surface area contributed by atoms with Crippen LogP contribution in [0.4, 0.5) is 0 Å². The summed E-state index contributed by atoms with van der Waals surface area (Å²) in [5, 5.41) is 11.1. The van der Waals surface area contributed by atoms with E-state index in [4.69, 9.17) is 5.11 Å². The lowest BCUT2D eigenvalue weighted by Crippen LogP contribution is -2.42. The predicted molar refractivity (Wildman–Crippen MR) is 65.5 cm³/mol. The minimum absolute atomic E-state index is 0.0881. The molecule has 1 heterocycles. The topological polar surface area (TPSA) is 99.3 Å². The van der Waals surface area contributed by atoms with E-state index in [2.05, 4.69) is 16.9 Å². The summed E-state index contributed by atoms with van der Waals surface area (Å²) in [5.41, 5.74) is -0.0384. The fourth-order valence-corrected chi connectivity index (χ4v) is 1.38. The number of pyridine rings is 1. The van der Waals surface area contributed by atoms with Crippen LogP contribution in [0.15, 0.2) is 29.6 Å². The minimum Gasteiger partial charge on any atom is -0.480 e. The highest BCUT2D eigenvalue weighted by Crippen LogP contribution is 1.98. The van der Waals surface area contributed by atoms with Gasteiger partial charge in [-0.2, -0.15) is 0 Å². The number of hydrogen-bond acceptors (Lipinski definition) is 3. The van der Waals surface area contributed by atoms with Crippen LogP contribution in [0.5, 0.6) is 0 Å². The second kappa shape index (κ2) is 5.81. The summed E-state index contributed by atoms with van der Waals surface area (Å²) in [5.74, 6) is -1.89. The van der Waals surface area contributed by atoms with Crippen molar-refractivity contribution in [2.24, 2.45) is 0 Å². The molecule has 0 spiro atoms. The molecule has 0 aromatic carbocycles. The van der Waals surface area contributed by atoms with E-state index in [0.29, 0.717) is 5.69 Å². The maximum atomic E-state index is 11.7. The second-order valence-electron chi connectivity index (χ2n) is 3.77. The maximum Gasteiger partial charge on any atom is 0.326 e. The average Bonchev–Trinajstić information content (AvgIpc) is 2.27. The summed E-state index contributed by atoms with van der Waals surface area (Å²) in [6.07, 6.45) is 1.48. The first-order chi connectivity index (χ1) is 8.45. The summed E-state index contributed by atoms with van der Waals surface area (Å²) in [6, 6.07) is 1.84. The monoisotopic (exact) mass is 250 g/mol. The van der Waals surface area contributed by atoms with Gasteiger partial charge in [0.25, 0.3) is 11.5 Å². The number of nitrogens with one attached hydrogen (secondary N) is 2. The van der Waals surface area contributed by atoms with Crippen molar-refractivity contribution in [1.82, 2.24) is 10.3 Å². The Balaban J connectivity index is 2.90. The minimum atomic E-state index is -1.17. The number of aliphatic carboxylic acids is 1. The molecule has 0 saturated carbocycles. The Morgan fingerprint density at radius 3 is 2.72 bits per heavy atom. The third-order valence-electron chi connectivity index (χ3n) is 2.31. The van der Waals surface area contributed by atoms with E-state index >= 15 is 0 Å². The van der Waals surface area contributed by atoms with E-state index < -0.39 is 23.5 Å². The third kappa shape index (κ3) is 3.31. The van der Waals surface area contributed by atoms with Crippen molar-refractivity contribution in [1.29, 1.82) is 0 Å². The van der Waals surface area contributed by atoms with Crippen LogP contribution in [-0.4, -0.2) is 28.0 Å². The Labute approximate surface area is 103 Å². The number of H-pyrrole nitrogens is 1. The number of aryl methyl sites for hydroxylation is 1. The molecule has 0 fully saturated rings. The van der Waals surface area contributed by atoms with Gasteiger partial charge in [-0.3, -0.25) is 9.59 Å². The van der Waals surface area contributed by atoms with Gasteiger partial charge < -0.3 is 15.4 Å². The molecule has 0 bridgehead atoms. The summed E-state index contributed by atoms with van der Waals surface area (Å²) in [4.78, 5) is 36.6. The van der Waals surface area contributed by atoms with Gasteiger partial charge in [-0.1, -0.05) is 6.08 Å². The molecule has 0 saturated heterocycles. The molecule has 18 heavy (non-hydrogen) atoms. The Hall–Kier alpha value is -2.37. The SMILES string of the molecule is C=CCC(NC(=O)c1ccc(C)[nH]c1=O)C(=O)O. The van der Waals surface area contributed by atoms with Crippen LogP contribution < -0.4 is 10.9 Å². The standard InChI is InChI=1S/C12H14N2O4/c1-3-4-9(12(17)18)14-11(16)8-6-5-7(2)13-10(8)15/h3,5-6,9H,1,4H2,2H3,(H,13,15)(H,14,16)(H,17,18). The van der Waals surface area contributed by atoms with Crippen molar-refractivity contribution in [2.75, 3.05) is 0 Å². The van der Waals surface area contributed by atoms with Gasteiger partial charge in [0.2, 0.25) is 0 Å². The van der Waals surface area contributed by atoms with Gasteiger partial charge in [0.05, 0.1) is 0 Å². The van der Waals surface area contributed by atoms with E-state index in [-0.39, 0.29) is 12.0 Å². The molecule has 3 N–H and O–H groups in total. The van der Waals surface area contributed by atoms with Gasteiger partial charge in [-0.25, -0.2) is 4.79 Å². The van der Waals surface area contributed by atoms with Crippen molar-refractivity contribution in [2.45, 2.75) is 19.4 Å². The number of carbonyl (C=O) groups excluding carboxylic acids is 1. The van der Waals surface area contributed by atoms with Crippen LogP contribution in [0.3, 0.4) is 0 Å². The lowest BCUT2D eigenvalue weighted by Gasteiger charge is -2.12. The van der Waals surface area contributed by atoms with Crippen LogP contribution in [0.2, 0.25) is 0 Å². The molecule has 1 aromatic rings. The molecule has 1 amide bonds. The molecule has 0 aliphatic rings. The van der Waals surface area contributed by atoms with E-state index in [1.165, 1.54) is 12.1 Å². The van der Waals surface area contributed by atoms with Crippen molar-refractivity contribution in [3.8, 4) is 0 Å². The van der Waals surface area contributed by atoms with Crippen molar-refractivity contribution >= 4 is 11.9 Å². The van der Waals surface area contributed by atoms with Crippen molar-refractivity contribution < 1.29 is 14.7 Å². The smallest absolute Gasteiger partial charge is 0.326 e. The zero-order valence-corrected chi connectivity index (χ0v) is 9.90. The van der Waals surface area contributed by atoms with Crippen LogP contribution >= 0.6 is 0 Å². The Morgan fingerprint density at radius 2 is 2.22 bits per heavy atom. The summed E-state index contributed by atoms with van der Waals surface area (Å²) in [6.45, 7) is 5.09. The number of carboxylic acids is 1. The first kappa shape index (κ1) is 13.7.